The minimum atomic E-state index is -4.15. The Morgan fingerprint density at radius 2 is 1.39 bits per heavy atom. The summed E-state index contributed by atoms with van der Waals surface area (Å²) in [6.45, 7) is 1.92. The highest BCUT2D eigenvalue weighted by Crippen LogP contribution is 2.53. The molecule has 0 aliphatic heterocycles. The fourth-order valence-electron chi connectivity index (χ4n) is 4.35. The van der Waals surface area contributed by atoms with Gasteiger partial charge in [-0.3, -0.25) is 4.79 Å². The number of hydrogen-bond donors (Lipinski definition) is 1. The smallest absolute Gasteiger partial charge is 0.493 e. The van der Waals surface area contributed by atoms with Crippen LogP contribution in [0.4, 0.5) is 0 Å². The lowest BCUT2D eigenvalue weighted by Gasteiger charge is -2.25. The lowest BCUT2D eigenvalue weighted by Crippen LogP contribution is -2.40. The van der Waals surface area contributed by atoms with Gasteiger partial charge < -0.3 is 32.7 Å². The number of para-hydroxylation sites is 1. The number of hydrogen-bond acceptors (Lipinski definition) is 9. The molecule has 0 aromatic heterocycles. The van der Waals surface area contributed by atoms with Crippen molar-refractivity contribution in [1.82, 2.24) is 5.09 Å². The highest BCUT2D eigenvalue weighted by atomic mass is 31.2. The maximum Gasteiger partial charge on any atom is 0.514 e. The van der Waals surface area contributed by atoms with E-state index < -0.39 is 19.3 Å². The van der Waals surface area contributed by atoms with E-state index >= 15 is 0 Å². The number of ether oxygens (including phenoxy) is 5. The van der Waals surface area contributed by atoms with Gasteiger partial charge in [-0.05, 0) is 80.1 Å². The lowest BCUT2D eigenvalue weighted by molar-refractivity contribution is -0.146. The topological polar surface area (TPSA) is 111 Å². The Balaban J connectivity index is 1.60. The van der Waals surface area contributed by atoms with E-state index in [9.17, 15) is 9.36 Å². The summed E-state index contributed by atoms with van der Waals surface area (Å²) in [5.74, 6) is 2.06. The minimum Gasteiger partial charge on any atom is -0.493 e. The number of aryl methyl sites for hydroxylation is 2. The molecule has 1 atom stereocenters. The zero-order valence-corrected chi connectivity index (χ0v) is 24.8. The van der Waals surface area contributed by atoms with Crippen molar-refractivity contribution in [2.75, 3.05) is 35.0 Å². The van der Waals surface area contributed by atoms with Crippen LogP contribution in [0.3, 0.4) is 0 Å². The third-order valence-electron chi connectivity index (χ3n) is 6.61. The predicted molar refractivity (Wildman–Crippen MR) is 154 cm³/mol. The van der Waals surface area contributed by atoms with Crippen LogP contribution in [0.5, 0.6) is 34.5 Å². The first kappa shape index (κ1) is 30.1. The molecule has 0 heterocycles. The molecule has 10 nitrogen and oxygen atoms in total. The quantitative estimate of drug-likeness (QED) is 0.175. The van der Waals surface area contributed by atoms with Crippen molar-refractivity contribution in [3.63, 3.8) is 0 Å². The number of carbonyl (C=O) groups is 1. The highest BCUT2D eigenvalue weighted by Gasteiger charge is 2.57. The van der Waals surface area contributed by atoms with Gasteiger partial charge in [0.1, 0.15) is 11.3 Å². The van der Waals surface area contributed by atoms with Crippen molar-refractivity contribution in [1.29, 1.82) is 0 Å². The zero-order valence-electron chi connectivity index (χ0n) is 23.9. The average molecular weight is 586 g/mol. The van der Waals surface area contributed by atoms with E-state index in [0.717, 1.165) is 11.1 Å². The standard InChI is InChI=1S/C30H36NO9P/c1-6-38-29(32)30(16-17-30)31-41(33,39-23-10-8-7-9-11-23)40-25-18-21(14-15-24(25)34-2)12-13-22-19-26(35-3)28(37-5)27(20-22)36-4/h7-11,14-15,18-20H,6,12-13,16-17H2,1-5H3,(H,31,33). The maximum atomic E-state index is 14.2. The predicted octanol–water partition coefficient (Wildman–Crippen LogP) is 5.76. The number of methoxy groups -OCH3 is 4. The summed E-state index contributed by atoms with van der Waals surface area (Å²) in [5.41, 5.74) is 0.729. The van der Waals surface area contributed by atoms with Gasteiger partial charge in [-0.1, -0.05) is 24.3 Å². The highest BCUT2D eigenvalue weighted by molar-refractivity contribution is 7.52. The van der Waals surface area contributed by atoms with Crippen molar-refractivity contribution < 1.29 is 42.1 Å². The van der Waals surface area contributed by atoms with Gasteiger partial charge in [-0.15, -0.1) is 0 Å². The van der Waals surface area contributed by atoms with Crippen LogP contribution in [0, 0.1) is 0 Å². The molecule has 1 saturated carbocycles. The fraction of sp³-hybridized carbons (Fsp3) is 0.367. The molecule has 11 heteroatoms. The summed E-state index contributed by atoms with van der Waals surface area (Å²) >= 11 is 0. The molecule has 220 valence electrons. The van der Waals surface area contributed by atoms with Crippen LogP contribution < -0.4 is 33.1 Å². The summed E-state index contributed by atoms with van der Waals surface area (Å²) < 4.78 is 53.2. The van der Waals surface area contributed by atoms with E-state index in [1.165, 1.54) is 7.11 Å². The van der Waals surface area contributed by atoms with Gasteiger partial charge in [0.05, 0.1) is 35.0 Å². The average Bonchev–Trinajstić information content (AvgIpc) is 3.76. The number of carbonyl (C=O) groups excluding carboxylic acids is 1. The van der Waals surface area contributed by atoms with Crippen LogP contribution in [0.2, 0.25) is 0 Å². The summed E-state index contributed by atoms with van der Waals surface area (Å²) in [7, 11) is 2.06. The second-order valence-electron chi connectivity index (χ2n) is 9.43. The first-order valence-corrected chi connectivity index (χ1v) is 14.8. The summed E-state index contributed by atoms with van der Waals surface area (Å²) in [4.78, 5) is 12.7. The van der Waals surface area contributed by atoms with Crippen molar-refractivity contribution >= 4 is 13.7 Å². The van der Waals surface area contributed by atoms with Gasteiger partial charge in [0.25, 0.3) is 0 Å². The first-order chi connectivity index (χ1) is 19.8. The number of nitrogens with one attached hydrogen (secondary N) is 1. The molecule has 41 heavy (non-hydrogen) atoms. The number of benzene rings is 3. The summed E-state index contributed by atoms with van der Waals surface area (Å²) in [6.07, 6.45) is 2.15. The molecular formula is C30H36NO9P. The number of rotatable bonds is 15. The van der Waals surface area contributed by atoms with Gasteiger partial charge in [0, 0.05) is 0 Å². The van der Waals surface area contributed by atoms with Crippen LogP contribution in [-0.2, 0) is 26.9 Å². The Morgan fingerprint density at radius 1 is 0.780 bits per heavy atom. The van der Waals surface area contributed by atoms with E-state index in [4.69, 9.17) is 32.7 Å². The Labute approximate surface area is 240 Å². The van der Waals surface area contributed by atoms with Crippen molar-refractivity contribution in [3.8, 4) is 34.5 Å². The number of esters is 1. The molecule has 1 N–H and O–H groups in total. The van der Waals surface area contributed by atoms with E-state index in [2.05, 4.69) is 5.09 Å². The van der Waals surface area contributed by atoms with E-state index in [1.54, 1.807) is 64.7 Å². The Morgan fingerprint density at radius 3 is 1.95 bits per heavy atom. The minimum absolute atomic E-state index is 0.203. The van der Waals surface area contributed by atoms with Crippen LogP contribution in [0.1, 0.15) is 30.9 Å². The molecule has 0 amide bonds. The van der Waals surface area contributed by atoms with E-state index in [0.29, 0.717) is 54.4 Å². The van der Waals surface area contributed by atoms with Crippen molar-refractivity contribution in [2.24, 2.45) is 0 Å². The van der Waals surface area contributed by atoms with Gasteiger partial charge in [0.2, 0.25) is 5.75 Å². The SMILES string of the molecule is CCOC(=O)C1(NP(=O)(Oc2ccccc2)Oc2cc(CCc3cc(OC)c(OC)c(OC)c3)ccc2OC)CC1. The summed E-state index contributed by atoms with van der Waals surface area (Å²) in [5, 5.41) is 2.87. The molecular weight excluding hydrogens is 549 g/mol. The van der Waals surface area contributed by atoms with Gasteiger partial charge in [0.15, 0.2) is 23.0 Å². The maximum absolute atomic E-state index is 14.2. The van der Waals surface area contributed by atoms with Gasteiger partial charge in [-0.2, -0.15) is 5.09 Å². The molecule has 1 unspecified atom stereocenters. The molecule has 3 aromatic carbocycles. The molecule has 1 aliphatic rings. The molecule has 0 spiro atoms. The van der Waals surface area contributed by atoms with Crippen LogP contribution >= 0.6 is 7.75 Å². The second-order valence-corrected chi connectivity index (χ2v) is 11.0. The molecule has 3 aromatic rings. The lowest BCUT2D eigenvalue weighted by atomic mass is 10.0. The zero-order chi connectivity index (χ0) is 29.5. The monoisotopic (exact) mass is 585 g/mol. The molecule has 0 saturated heterocycles. The molecule has 0 radical (unpaired) electrons. The third-order valence-corrected chi connectivity index (χ3v) is 8.20. The van der Waals surface area contributed by atoms with E-state index in [-0.39, 0.29) is 12.4 Å². The molecule has 1 aliphatic carbocycles. The van der Waals surface area contributed by atoms with Crippen molar-refractivity contribution in [3.05, 3.63) is 71.8 Å². The Bertz CT molecular complexity index is 1370. The van der Waals surface area contributed by atoms with Crippen LogP contribution in [-0.4, -0.2) is 46.6 Å². The molecule has 4 rings (SSSR count). The van der Waals surface area contributed by atoms with E-state index in [1.807, 2.05) is 24.3 Å². The molecule has 1 fully saturated rings. The normalized spacial score (nSPS) is 14.8. The fourth-order valence-corrected chi connectivity index (χ4v) is 6.12. The largest absolute Gasteiger partial charge is 0.514 e. The third kappa shape index (κ3) is 7.26. The molecule has 0 bridgehead atoms. The van der Waals surface area contributed by atoms with Crippen molar-refractivity contribution in [2.45, 2.75) is 38.1 Å². The first-order valence-electron chi connectivity index (χ1n) is 13.3. The van der Waals surface area contributed by atoms with Crippen LogP contribution in [0.15, 0.2) is 60.7 Å². The second kappa shape index (κ2) is 13.2. The van der Waals surface area contributed by atoms with Crippen LogP contribution in [0.25, 0.3) is 0 Å². The Kier molecular flexibility index (Phi) is 9.68. The Hall–Kier alpha value is -3.88. The van der Waals surface area contributed by atoms with Gasteiger partial charge >= 0.3 is 13.7 Å². The van der Waals surface area contributed by atoms with Gasteiger partial charge in [-0.25, -0.2) is 4.57 Å². The summed E-state index contributed by atoms with van der Waals surface area (Å²) in [6, 6.07) is 17.8.